The molecule has 0 aliphatic heterocycles. The van der Waals surface area contributed by atoms with Gasteiger partial charge in [-0.25, -0.2) is 4.39 Å². The maximum atomic E-state index is 13.4. The first-order valence-electron chi connectivity index (χ1n) is 9.85. The van der Waals surface area contributed by atoms with Gasteiger partial charge in [0.05, 0.1) is 11.7 Å². The molecule has 1 N–H and O–H groups in total. The molecule has 1 heterocycles. The first kappa shape index (κ1) is 19.9. The van der Waals surface area contributed by atoms with E-state index in [9.17, 15) is 14.3 Å². The molecule has 0 radical (unpaired) electrons. The van der Waals surface area contributed by atoms with Gasteiger partial charge in [0.1, 0.15) is 5.82 Å². The molecule has 0 spiro atoms. The summed E-state index contributed by atoms with van der Waals surface area (Å²) in [4.78, 5) is 12.2. The standard InChI is InChI=1S/C25H23FN2O2/c1-17-7-2-3-9-19(17)16-28-23-12-5-4-11-21(23)22(24(28)25(29)30)15-27-14-18-8-6-10-20(26)13-18/h2-13,27H,14-16H2,1H3,(H,29,30)/p-1. The summed E-state index contributed by atoms with van der Waals surface area (Å²) in [5.41, 5.74) is 4.66. The Kier molecular flexibility index (Phi) is 5.63. The van der Waals surface area contributed by atoms with Crippen LogP contribution in [0.25, 0.3) is 10.9 Å². The molecule has 0 saturated heterocycles. The molecule has 0 amide bonds. The van der Waals surface area contributed by atoms with E-state index < -0.39 is 5.97 Å². The van der Waals surface area contributed by atoms with Crippen molar-refractivity contribution < 1.29 is 14.3 Å². The summed E-state index contributed by atoms with van der Waals surface area (Å²) in [5, 5.41) is 16.3. The summed E-state index contributed by atoms with van der Waals surface area (Å²) < 4.78 is 15.2. The zero-order valence-electron chi connectivity index (χ0n) is 16.7. The topological polar surface area (TPSA) is 57.1 Å². The van der Waals surface area contributed by atoms with Crippen LogP contribution in [-0.4, -0.2) is 10.5 Å². The fourth-order valence-corrected chi connectivity index (χ4v) is 3.89. The van der Waals surface area contributed by atoms with E-state index in [0.717, 1.165) is 27.6 Å². The van der Waals surface area contributed by atoms with Gasteiger partial charge in [-0.2, -0.15) is 0 Å². The monoisotopic (exact) mass is 401 g/mol. The summed E-state index contributed by atoms with van der Waals surface area (Å²) in [5.74, 6) is -1.50. The highest BCUT2D eigenvalue weighted by Crippen LogP contribution is 2.28. The van der Waals surface area contributed by atoms with Gasteiger partial charge >= 0.3 is 0 Å². The van der Waals surface area contributed by atoms with Gasteiger partial charge < -0.3 is 19.8 Å². The van der Waals surface area contributed by atoms with Crippen molar-refractivity contribution in [3.63, 3.8) is 0 Å². The van der Waals surface area contributed by atoms with Crippen molar-refractivity contribution in [2.75, 3.05) is 0 Å². The lowest BCUT2D eigenvalue weighted by Crippen LogP contribution is -2.28. The van der Waals surface area contributed by atoms with Gasteiger partial charge in [-0.05, 0) is 41.8 Å². The molecule has 30 heavy (non-hydrogen) atoms. The predicted octanol–water partition coefficient (Wildman–Crippen LogP) is 3.79. The molecule has 0 bridgehead atoms. The average molecular weight is 401 g/mol. The van der Waals surface area contributed by atoms with Crippen LogP contribution < -0.4 is 10.4 Å². The van der Waals surface area contributed by atoms with Gasteiger partial charge in [-0.15, -0.1) is 0 Å². The summed E-state index contributed by atoms with van der Waals surface area (Å²) in [6.07, 6.45) is 0. The van der Waals surface area contributed by atoms with Crippen molar-refractivity contribution in [2.45, 2.75) is 26.6 Å². The van der Waals surface area contributed by atoms with Crippen molar-refractivity contribution in [3.8, 4) is 0 Å². The number of aromatic nitrogens is 1. The number of rotatable bonds is 7. The fourth-order valence-electron chi connectivity index (χ4n) is 3.89. The number of nitrogens with zero attached hydrogens (tertiary/aromatic N) is 1. The molecule has 152 valence electrons. The van der Waals surface area contributed by atoms with E-state index in [2.05, 4.69) is 5.32 Å². The molecule has 5 heteroatoms. The van der Waals surface area contributed by atoms with E-state index >= 15 is 0 Å². The predicted molar refractivity (Wildman–Crippen MR) is 113 cm³/mol. The number of carbonyl (C=O) groups excluding carboxylic acids is 1. The third kappa shape index (κ3) is 3.98. The number of fused-ring (bicyclic) bond motifs is 1. The van der Waals surface area contributed by atoms with E-state index in [1.807, 2.05) is 66.1 Å². The van der Waals surface area contributed by atoms with Crippen molar-refractivity contribution >= 4 is 16.9 Å². The van der Waals surface area contributed by atoms with E-state index in [-0.39, 0.29) is 11.5 Å². The Bertz CT molecular complexity index is 1210. The second-order valence-electron chi connectivity index (χ2n) is 7.38. The molecule has 4 nitrogen and oxygen atoms in total. The number of aryl methyl sites for hydroxylation is 1. The Balaban J connectivity index is 1.71. The van der Waals surface area contributed by atoms with E-state index in [1.165, 1.54) is 12.1 Å². The van der Waals surface area contributed by atoms with Crippen LogP contribution in [0.5, 0.6) is 0 Å². The van der Waals surface area contributed by atoms with Crippen molar-refractivity contribution in [3.05, 3.63) is 107 Å². The molecule has 1 aromatic heterocycles. The van der Waals surface area contributed by atoms with Crippen LogP contribution in [-0.2, 0) is 19.6 Å². The summed E-state index contributed by atoms with van der Waals surface area (Å²) >= 11 is 0. The highest BCUT2D eigenvalue weighted by molar-refractivity contribution is 5.97. The third-order valence-corrected chi connectivity index (χ3v) is 5.38. The van der Waals surface area contributed by atoms with Gasteiger partial charge in [0.2, 0.25) is 0 Å². The molecular weight excluding hydrogens is 379 g/mol. The first-order valence-corrected chi connectivity index (χ1v) is 9.85. The minimum Gasteiger partial charge on any atom is -0.543 e. The maximum Gasteiger partial charge on any atom is 0.123 e. The lowest BCUT2D eigenvalue weighted by Gasteiger charge is -2.15. The lowest BCUT2D eigenvalue weighted by atomic mass is 10.1. The van der Waals surface area contributed by atoms with Crippen LogP contribution >= 0.6 is 0 Å². The molecule has 4 aromatic rings. The molecular formula is C25H22FN2O2-. The molecule has 3 aromatic carbocycles. The summed E-state index contributed by atoms with van der Waals surface area (Å²) in [6.45, 7) is 3.23. The first-order chi connectivity index (χ1) is 14.5. The van der Waals surface area contributed by atoms with Gasteiger partial charge in [0, 0.05) is 36.1 Å². The average Bonchev–Trinajstić information content (AvgIpc) is 3.04. The molecule has 0 saturated carbocycles. The van der Waals surface area contributed by atoms with Crippen LogP contribution in [0.2, 0.25) is 0 Å². The molecule has 4 rings (SSSR count). The zero-order chi connectivity index (χ0) is 21.1. The van der Waals surface area contributed by atoms with Gasteiger partial charge in [-0.1, -0.05) is 54.6 Å². The number of benzene rings is 3. The van der Waals surface area contributed by atoms with Gasteiger partial charge in [-0.3, -0.25) is 0 Å². The van der Waals surface area contributed by atoms with Crippen molar-refractivity contribution in [2.24, 2.45) is 0 Å². The van der Waals surface area contributed by atoms with E-state index in [0.29, 0.717) is 25.2 Å². The Morgan fingerprint density at radius 2 is 1.77 bits per heavy atom. The highest BCUT2D eigenvalue weighted by atomic mass is 19.1. The van der Waals surface area contributed by atoms with Crippen LogP contribution in [0.4, 0.5) is 4.39 Å². The molecule has 0 fully saturated rings. The second-order valence-corrected chi connectivity index (χ2v) is 7.38. The number of halogens is 1. The van der Waals surface area contributed by atoms with E-state index in [4.69, 9.17) is 0 Å². The molecule has 0 unspecified atom stereocenters. The highest BCUT2D eigenvalue weighted by Gasteiger charge is 2.18. The Hall–Kier alpha value is -3.44. The number of carboxylic acid groups (broad SMARTS) is 1. The number of para-hydroxylation sites is 1. The zero-order valence-corrected chi connectivity index (χ0v) is 16.7. The summed E-state index contributed by atoms with van der Waals surface area (Å²) in [6, 6.07) is 21.9. The smallest absolute Gasteiger partial charge is 0.123 e. The molecule has 0 atom stereocenters. The van der Waals surface area contributed by atoms with Crippen LogP contribution in [0.15, 0.2) is 72.8 Å². The normalized spacial score (nSPS) is 11.1. The second kappa shape index (κ2) is 8.51. The van der Waals surface area contributed by atoms with E-state index in [1.54, 1.807) is 6.07 Å². The molecule has 0 aliphatic rings. The van der Waals surface area contributed by atoms with Gasteiger partial charge in [0.25, 0.3) is 0 Å². The number of aromatic carboxylic acids is 1. The third-order valence-electron chi connectivity index (χ3n) is 5.38. The Morgan fingerprint density at radius 1 is 1.00 bits per heavy atom. The van der Waals surface area contributed by atoms with Crippen molar-refractivity contribution in [1.29, 1.82) is 0 Å². The number of hydrogen-bond donors (Lipinski definition) is 1. The lowest BCUT2D eigenvalue weighted by molar-refractivity contribution is -0.255. The number of carbonyl (C=O) groups is 1. The fraction of sp³-hybridized carbons (Fsp3) is 0.160. The minimum atomic E-state index is -1.21. The molecule has 0 aliphatic carbocycles. The summed E-state index contributed by atoms with van der Waals surface area (Å²) in [7, 11) is 0. The number of carboxylic acids is 1. The minimum absolute atomic E-state index is 0.172. The number of nitrogens with one attached hydrogen (secondary N) is 1. The quantitative estimate of drug-likeness (QED) is 0.513. The maximum absolute atomic E-state index is 13.4. The Labute approximate surface area is 174 Å². The largest absolute Gasteiger partial charge is 0.543 e. The van der Waals surface area contributed by atoms with Gasteiger partial charge in [0.15, 0.2) is 0 Å². The van der Waals surface area contributed by atoms with Crippen LogP contribution in [0.1, 0.15) is 32.7 Å². The Morgan fingerprint density at radius 3 is 2.53 bits per heavy atom. The SMILES string of the molecule is Cc1ccccc1Cn1c(C(=O)[O-])c(CNCc2cccc(F)c2)c2ccccc21. The van der Waals surface area contributed by atoms with Crippen molar-refractivity contribution in [1.82, 2.24) is 9.88 Å². The van der Waals surface area contributed by atoms with Crippen LogP contribution in [0, 0.1) is 12.7 Å². The number of hydrogen-bond acceptors (Lipinski definition) is 3. The van der Waals surface area contributed by atoms with Crippen LogP contribution in [0.3, 0.4) is 0 Å².